The van der Waals surface area contributed by atoms with Crippen LogP contribution < -0.4 is 15.2 Å². The average Bonchev–Trinajstić information content (AvgIpc) is 2.84. The molecule has 5 heteroatoms. The number of hydrogen-bond donors (Lipinski definition) is 1. The molecule has 0 spiro atoms. The minimum absolute atomic E-state index is 0.00774. The van der Waals surface area contributed by atoms with Gasteiger partial charge in [0.05, 0.1) is 32.5 Å². The highest BCUT2D eigenvalue weighted by atomic mass is 35.5. The molecule has 4 nitrogen and oxygen atoms in total. The fourth-order valence-electron chi connectivity index (χ4n) is 2.48. The monoisotopic (exact) mass is 285 g/mol. The molecule has 19 heavy (non-hydrogen) atoms. The van der Waals surface area contributed by atoms with E-state index in [1.807, 2.05) is 6.07 Å². The minimum Gasteiger partial charge on any atom is -0.495 e. The van der Waals surface area contributed by atoms with Crippen LogP contribution in [-0.4, -0.2) is 26.4 Å². The molecule has 3 unspecified atom stereocenters. The molecular weight excluding hydrogens is 266 g/mol. The molecule has 1 aromatic rings. The van der Waals surface area contributed by atoms with Gasteiger partial charge in [-0.1, -0.05) is 11.6 Å². The quantitative estimate of drug-likeness (QED) is 0.924. The minimum atomic E-state index is -0.247. The maximum Gasteiger partial charge on any atom is 0.146 e. The number of hydrogen-bond acceptors (Lipinski definition) is 4. The molecule has 1 aromatic carbocycles. The zero-order chi connectivity index (χ0) is 14.0. The Labute approximate surface area is 118 Å². The third kappa shape index (κ3) is 2.81. The first-order valence-electron chi connectivity index (χ1n) is 6.40. The topological polar surface area (TPSA) is 53.7 Å². The van der Waals surface area contributed by atoms with Crippen molar-refractivity contribution in [1.29, 1.82) is 0 Å². The van der Waals surface area contributed by atoms with Crippen molar-refractivity contribution in [1.82, 2.24) is 0 Å². The fourth-order valence-corrected chi connectivity index (χ4v) is 2.80. The van der Waals surface area contributed by atoms with Gasteiger partial charge >= 0.3 is 0 Å². The standard InChI is InChI=1S/C14H20ClNO3/c1-8-4-6-11(19-8)13(16)9-5-7-10(17-2)12(15)14(9)18-3/h5,7-8,11,13H,4,6,16H2,1-3H3. The molecule has 3 atom stereocenters. The van der Waals surface area contributed by atoms with E-state index in [0.29, 0.717) is 16.5 Å². The summed E-state index contributed by atoms with van der Waals surface area (Å²) in [6.07, 6.45) is 2.25. The van der Waals surface area contributed by atoms with Crippen molar-refractivity contribution in [3.05, 3.63) is 22.7 Å². The molecule has 2 N–H and O–H groups in total. The van der Waals surface area contributed by atoms with Crippen LogP contribution in [0.15, 0.2) is 12.1 Å². The van der Waals surface area contributed by atoms with Gasteiger partial charge in [0.1, 0.15) is 16.5 Å². The molecule has 0 saturated carbocycles. The van der Waals surface area contributed by atoms with Gasteiger partial charge in [0.15, 0.2) is 0 Å². The summed E-state index contributed by atoms with van der Waals surface area (Å²) < 4.78 is 16.4. The van der Waals surface area contributed by atoms with Crippen molar-refractivity contribution >= 4 is 11.6 Å². The van der Waals surface area contributed by atoms with Crippen molar-refractivity contribution in [3.63, 3.8) is 0 Å². The largest absolute Gasteiger partial charge is 0.495 e. The van der Waals surface area contributed by atoms with E-state index in [-0.39, 0.29) is 18.2 Å². The van der Waals surface area contributed by atoms with Crippen molar-refractivity contribution in [3.8, 4) is 11.5 Å². The molecule has 1 heterocycles. The number of rotatable bonds is 4. The smallest absolute Gasteiger partial charge is 0.146 e. The Bertz CT molecular complexity index is 453. The van der Waals surface area contributed by atoms with Crippen LogP contribution in [0.1, 0.15) is 31.4 Å². The first-order chi connectivity index (χ1) is 9.08. The van der Waals surface area contributed by atoms with Crippen LogP contribution in [0.2, 0.25) is 5.02 Å². The van der Waals surface area contributed by atoms with Gasteiger partial charge in [-0.3, -0.25) is 0 Å². The summed E-state index contributed by atoms with van der Waals surface area (Å²) in [7, 11) is 3.15. The lowest BCUT2D eigenvalue weighted by molar-refractivity contribution is 0.0396. The van der Waals surface area contributed by atoms with Crippen molar-refractivity contribution in [2.45, 2.75) is 38.0 Å². The number of ether oxygens (including phenoxy) is 3. The van der Waals surface area contributed by atoms with Crippen LogP contribution in [0.5, 0.6) is 11.5 Å². The summed E-state index contributed by atoms with van der Waals surface area (Å²) in [6.45, 7) is 2.06. The normalized spacial score (nSPS) is 24.3. The van der Waals surface area contributed by atoms with Gasteiger partial charge in [-0.15, -0.1) is 0 Å². The molecule has 1 fully saturated rings. The van der Waals surface area contributed by atoms with Crippen LogP contribution in [0.3, 0.4) is 0 Å². The highest BCUT2D eigenvalue weighted by Crippen LogP contribution is 2.41. The van der Waals surface area contributed by atoms with E-state index in [1.54, 1.807) is 20.3 Å². The maximum absolute atomic E-state index is 6.29. The second-order valence-corrected chi connectivity index (χ2v) is 5.17. The SMILES string of the molecule is COc1ccc(C(N)C2CCC(C)O2)c(OC)c1Cl. The van der Waals surface area contributed by atoms with Crippen LogP contribution in [-0.2, 0) is 4.74 Å². The van der Waals surface area contributed by atoms with E-state index < -0.39 is 0 Å². The van der Waals surface area contributed by atoms with Crippen molar-refractivity contribution in [2.24, 2.45) is 5.73 Å². The van der Waals surface area contributed by atoms with Gasteiger partial charge in [-0.05, 0) is 31.9 Å². The van der Waals surface area contributed by atoms with Crippen molar-refractivity contribution < 1.29 is 14.2 Å². The number of nitrogens with two attached hydrogens (primary N) is 1. The van der Waals surface area contributed by atoms with Gasteiger partial charge < -0.3 is 19.9 Å². The van der Waals surface area contributed by atoms with Crippen LogP contribution in [0, 0.1) is 0 Å². The lowest BCUT2D eigenvalue weighted by atomic mass is 9.99. The predicted molar refractivity (Wildman–Crippen MR) is 75.1 cm³/mol. The molecule has 0 aromatic heterocycles. The summed E-state index contributed by atoms with van der Waals surface area (Å²) in [5.74, 6) is 1.15. The number of benzene rings is 1. The van der Waals surface area contributed by atoms with Crippen LogP contribution >= 0.6 is 11.6 Å². The summed E-state index contributed by atoms with van der Waals surface area (Å²) in [5, 5.41) is 0.448. The first kappa shape index (κ1) is 14.4. The molecule has 2 rings (SSSR count). The zero-order valence-corrected chi connectivity index (χ0v) is 12.2. The Morgan fingerprint density at radius 2 is 2.05 bits per heavy atom. The Kier molecular flexibility index (Phi) is 4.55. The number of methoxy groups -OCH3 is 2. The van der Waals surface area contributed by atoms with E-state index in [1.165, 1.54) is 0 Å². The van der Waals surface area contributed by atoms with Gasteiger partial charge in [0, 0.05) is 5.56 Å². The average molecular weight is 286 g/mol. The summed E-state index contributed by atoms with van der Waals surface area (Å²) >= 11 is 6.25. The van der Waals surface area contributed by atoms with E-state index in [9.17, 15) is 0 Å². The highest BCUT2D eigenvalue weighted by molar-refractivity contribution is 6.33. The van der Waals surface area contributed by atoms with Crippen LogP contribution in [0.25, 0.3) is 0 Å². The molecule has 0 amide bonds. The molecule has 0 radical (unpaired) electrons. The Morgan fingerprint density at radius 1 is 1.32 bits per heavy atom. The molecule has 0 bridgehead atoms. The molecule has 106 valence electrons. The van der Waals surface area contributed by atoms with E-state index >= 15 is 0 Å². The molecule has 0 aliphatic carbocycles. The van der Waals surface area contributed by atoms with Gasteiger partial charge in [0.25, 0.3) is 0 Å². The first-order valence-corrected chi connectivity index (χ1v) is 6.77. The molecular formula is C14H20ClNO3. The fraction of sp³-hybridized carbons (Fsp3) is 0.571. The second-order valence-electron chi connectivity index (χ2n) is 4.79. The Morgan fingerprint density at radius 3 is 2.58 bits per heavy atom. The van der Waals surface area contributed by atoms with Gasteiger partial charge in [-0.25, -0.2) is 0 Å². The van der Waals surface area contributed by atoms with Gasteiger partial charge in [0.2, 0.25) is 0 Å². The summed E-state index contributed by atoms with van der Waals surface area (Å²) in [6, 6.07) is 3.45. The van der Waals surface area contributed by atoms with Gasteiger partial charge in [-0.2, -0.15) is 0 Å². The summed E-state index contributed by atoms with van der Waals surface area (Å²) in [4.78, 5) is 0. The van der Waals surface area contributed by atoms with Crippen LogP contribution in [0.4, 0.5) is 0 Å². The Hall–Kier alpha value is -0.970. The maximum atomic E-state index is 6.29. The second kappa shape index (κ2) is 5.99. The van der Waals surface area contributed by atoms with E-state index in [4.69, 9.17) is 31.5 Å². The third-order valence-electron chi connectivity index (χ3n) is 3.54. The lowest BCUT2D eigenvalue weighted by Gasteiger charge is -2.23. The predicted octanol–water partition coefficient (Wildman–Crippen LogP) is 2.92. The highest BCUT2D eigenvalue weighted by Gasteiger charge is 2.30. The lowest BCUT2D eigenvalue weighted by Crippen LogP contribution is -2.26. The molecule has 1 saturated heterocycles. The van der Waals surface area contributed by atoms with E-state index in [2.05, 4.69) is 6.92 Å². The van der Waals surface area contributed by atoms with Crippen molar-refractivity contribution in [2.75, 3.05) is 14.2 Å². The number of halogens is 1. The third-order valence-corrected chi connectivity index (χ3v) is 3.90. The summed E-state index contributed by atoms with van der Waals surface area (Å²) in [5.41, 5.74) is 7.15. The Balaban J connectivity index is 2.31. The van der Waals surface area contributed by atoms with E-state index in [0.717, 1.165) is 18.4 Å². The molecule has 1 aliphatic heterocycles. The zero-order valence-electron chi connectivity index (χ0n) is 11.5. The molecule has 1 aliphatic rings.